The van der Waals surface area contributed by atoms with Gasteiger partial charge >= 0.3 is 0 Å². The number of rotatable bonds is 3. The van der Waals surface area contributed by atoms with Crippen LogP contribution in [0.1, 0.15) is 29.4 Å². The number of nitrogens with one attached hydrogen (secondary N) is 1. The van der Waals surface area contributed by atoms with Crippen molar-refractivity contribution in [2.75, 3.05) is 26.0 Å². The van der Waals surface area contributed by atoms with Crippen LogP contribution < -0.4 is 5.32 Å². The zero-order chi connectivity index (χ0) is 14.0. The fourth-order valence-electron chi connectivity index (χ4n) is 2.51. The zero-order valence-corrected chi connectivity index (χ0v) is 11.9. The summed E-state index contributed by atoms with van der Waals surface area (Å²) in [6.07, 6.45) is 2.61. The summed E-state index contributed by atoms with van der Waals surface area (Å²) in [7, 11) is 3.64. The van der Waals surface area contributed by atoms with E-state index in [9.17, 15) is 4.79 Å². The fraction of sp³-hybridized carbons (Fsp3) is 0.571. The van der Waals surface area contributed by atoms with Gasteiger partial charge < -0.3 is 15.0 Å². The first-order chi connectivity index (χ1) is 9.04. The van der Waals surface area contributed by atoms with Crippen LogP contribution in [-0.2, 0) is 4.74 Å². The summed E-state index contributed by atoms with van der Waals surface area (Å²) in [5, 5.41) is 3.06. The third-order valence-corrected chi connectivity index (χ3v) is 3.69. The third-order valence-electron chi connectivity index (χ3n) is 3.69. The molecule has 1 saturated heterocycles. The smallest absolute Gasteiger partial charge is 0.257 e. The molecule has 2 rings (SSSR count). The van der Waals surface area contributed by atoms with Crippen molar-refractivity contribution >= 4 is 11.6 Å². The molecule has 2 unspecified atom stereocenters. The van der Waals surface area contributed by atoms with Gasteiger partial charge in [0.25, 0.3) is 5.91 Å². The highest BCUT2D eigenvalue weighted by atomic mass is 16.5. The average Bonchev–Trinajstić information content (AvgIpc) is 2.83. The molecule has 5 nitrogen and oxygen atoms in total. The second-order valence-corrected chi connectivity index (χ2v) is 4.97. The second kappa shape index (κ2) is 5.57. The molecule has 104 valence electrons. The zero-order valence-electron chi connectivity index (χ0n) is 11.9. The number of ether oxygens (including phenoxy) is 1. The summed E-state index contributed by atoms with van der Waals surface area (Å²) in [5.41, 5.74) is 2.31. The molecule has 1 aliphatic rings. The Labute approximate surface area is 114 Å². The van der Waals surface area contributed by atoms with E-state index >= 15 is 0 Å². The Morgan fingerprint density at radius 1 is 1.58 bits per heavy atom. The maximum atomic E-state index is 12.6. The van der Waals surface area contributed by atoms with Gasteiger partial charge in [-0.05, 0) is 26.3 Å². The number of pyridine rings is 1. The molecule has 1 N–H and O–H groups in total. The predicted molar refractivity (Wildman–Crippen MR) is 74.4 cm³/mol. The van der Waals surface area contributed by atoms with Gasteiger partial charge in [-0.15, -0.1) is 0 Å². The number of hydrogen-bond acceptors (Lipinski definition) is 4. The number of likely N-dealkylation sites (N-methyl/N-ethyl adjacent to an activating group) is 1. The van der Waals surface area contributed by atoms with Crippen LogP contribution in [0.15, 0.2) is 12.3 Å². The van der Waals surface area contributed by atoms with Gasteiger partial charge in [0.2, 0.25) is 0 Å². The Bertz CT molecular complexity index is 476. The number of carbonyl (C=O) groups is 1. The number of carbonyl (C=O) groups excluding carboxylic acids is 1. The monoisotopic (exact) mass is 263 g/mol. The Morgan fingerprint density at radius 3 is 2.89 bits per heavy atom. The van der Waals surface area contributed by atoms with E-state index in [0.29, 0.717) is 12.2 Å². The SMILES string of the molecule is CNc1cc(C)ncc1C(=O)N(C)C1CCOC1C. The molecule has 0 aromatic carbocycles. The predicted octanol–water partition coefficient (Wildman–Crippen LogP) is 1.68. The van der Waals surface area contributed by atoms with E-state index in [0.717, 1.165) is 17.8 Å². The first-order valence-electron chi connectivity index (χ1n) is 6.57. The molecule has 1 fully saturated rings. The van der Waals surface area contributed by atoms with Gasteiger partial charge in [0.1, 0.15) is 0 Å². The highest BCUT2D eigenvalue weighted by Gasteiger charge is 2.31. The van der Waals surface area contributed by atoms with E-state index in [1.807, 2.05) is 34.0 Å². The van der Waals surface area contributed by atoms with Crippen molar-refractivity contribution in [3.8, 4) is 0 Å². The topological polar surface area (TPSA) is 54.5 Å². The van der Waals surface area contributed by atoms with E-state index in [-0.39, 0.29) is 18.1 Å². The van der Waals surface area contributed by atoms with Crippen LogP contribution in [0.4, 0.5) is 5.69 Å². The van der Waals surface area contributed by atoms with Crippen molar-refractivity contribution < 1.29 is 9.53 Å². The van der Waals surface area contributed by atoms with E-state index in [1.165, 1.54) is 0 Å². The molecular weight excluding hydrogens is 242 g/mol. The number of anilines is 1. The molecule has 0 spiro atoms. The van der Waals surface area contributed by atoms with Gasteiger partial charge in [-0.1, -0.05) is 0 Å². The Balaban J connectivity index is 2.23. The van der Waals surface area contributed by atoms with E-state index in [2.05, 4.69) is 10.3 Å². The van der Waals surface area contributed by atoms with Crippen molar-refractivity contribution in [3.05, 3.63) is 23.5 Å². The number of nitrogens with zero attached hydrogens (tertiary/aromatic N) is 2. The number of aryl methyl sites for hydroxylation is 1. The summed E-state index contributed by atoms with van der Waals surface area (Å²) in [5.74, 6) is -0.0146. The molecule has 0 aliphatic carbocycles. The minimum atomic E-state index is -0.0146. The Hall–Kier alpha value is -1.62. The molecule has 2 atom stereocenters. The first kappa shape index (κ1) is 13.8. The lowest BCUT2D eigenvalue weighted by molar-refractivity contribution is 0.0575. The van der Waals surface area contributed by atoms with Crippen molar-refractivity contribution in [2.24, 2.45) is 0 Å². The summed E-state index contributed by atoms with van der Waals surface area (Å²) in [6.45, 7) is 4.63. The normalized spacial score (nSPS) is 22.3. The lowest BCUT2D eigenvalue weighted by Crippen LogP contribution is -2.41. The van der Waals surface area contributed by atoms with Crippen molar-refractivity contribution in [3.63, 3.8) is 0 Å². The van der Waals surface area contributed by atoms with Crippen molar-refractivity contribution in [2.45, 2.75) is 32.4 Å². The maximum Gasteiger partial charge on any atom is 0.257 e. The molecule has 0 radical (unpaired) electrons. The minimum absolute atomic E-state index is 0.0146. The van der Waals surface area contributed by atoms with Crippen LogP contribution in [0, 0.1) is 6.92 Å². The van der Waals surface area contributed by atoms with Crippen LogP contribution in [0.2, 0.25) is 0 Å². The van der Waals surface area contributed by atoms with Gasteiger partial charge in [-0.2, -0.15) is 0 Å². The number of amides is 1. The summed E-state index contributed by atoms with van der Waals surface area (Å²) in [4.78, 5) is 18.5. The summed E-state index contributed by atoms with van der Waals surface area (Å²) >= 11 is 0. The number of aromatic nitrogens is 1. The summed E-state index contributed by atoms with van der Waals surface area (Å²) < 4.78 is 5.52. The van der Waals surface area contributed by atoms with Crippen LogP contribution >= 0.6 is 0 Å². The van der Waals surface area contributed by atoms with Crippen LogP contribution in [-0.4, -0.2) is 48.6 Å². The molecule has 0 saturated carbocycles. The van der Waals surface area contributed by atoms with E-state index < -0.39 is 0 Å². The second-order valence-electron chi connectivity index (χ2n) is 4.97. The highest BCUT2D eigenvalue weighted by Crippen LogP contribution is 2.23. The first-order valence-corrected chi connectivity index (χ1v) is 6.57. The molecule has 1 aliphatic heterocycles. The Kier molecular flexibility index (Phi) is 4.04. The molecule has 1 aromatic rings. The van der Waals surface area contributed by atoms with Crippen LogP contribution in [0.3, 0.4) is 0 Å². The lowest BCUT2D eigenvalue weighted by atomic mass is 10.1. The van der Waals surface area contributed by atoms with E-state index in [1.54, 1.807) is 11.1 Å². The average molecular weight is 263 g/mol. The largest absolute Gasteiger partial charge is 0.387 e. The molecule has 19 heavy (non-hydrogen) atoms. The van der Waals surface area contributed by atoms with E-state index in [4.69, 9.17) is 4.74 Å². The standard InChI is InChI=1S/C14H21N3O2/c1-9-7-12(15-3)11(8-16-9)14(18)17(4)13-5-6-19-10(13)2/h7-8,10,13H,5-6H2,1-4H3,(H,15,16). The van der Waals surface area contributed by atoms with Crippen LogP contribution in [0.25, 0.3) is 0 Å². The quantitative estimate of drug-likeness (QED) is 0.901. The maximum absolute atomic E-state index is 12.6. The molecule has 5 heteroatoms. The van der Waals surface area contributed by atoms with Crippen molar-refractivity contribution in [1.29, 1.82) is 0 Å². The van der Waals surface area contributed by atoms with Gasteiger partial charge in [0.15, 0.2) is 0 Å². The highest BCUT2D eigenvalue weighted by molar-refractivity contribution is 5.99. The van der Waals surface area contributed by atoms with Gasteiger partial charge in [-0.3, -0.25) is 9.78 Å². The lowest BCUT2D eigenvalue weighted by Gasteiger charge is -2.27. The van der Waals surface area contributed by atoms with Gasteiger partial charge in [-0.25, -0.2) is 0 Å². The molecule has 2 heterocycles. The molecule has 1 aromatic heterocycles. The van der Waals surface area contributed by atoms with Crippen LogP contribution in [0.5, 0.6) is 0 Å². The molecule has 0 bridgehead atoms. The Morgan fingerprint density at radius 2 is 2.32 bits per heavy atom. The molecular formula is C14H21N3O2. The molecule has 1 amide bonds. The fourth-order valence-corrected chi connectivity index (χ4v) is 2.51. The number of hydrogen-bond donors (Lipinski definition) is 1. The summed E-state index contributed by atoms with van der Waals surface area (Å²) in [6, 6.07) is 2.02. The minimum Gasteiger partial charge on any atom is -0.387 e. The third kappa shape index (κ3) is 2.71. The van der Waals surface area contributed by atoms with Gasteiger partial charge in [0, 0.05) is 32.6 Å². The van der Waals surface area contributed by atoms with Gasteiger partial charge in [0.05, 0.1) is 23.4 Å². The van der Waals surface area contributed by atoms with Crippen molar-refractivity contribution in [1.82, 2.24) is 9.88 Å².